The Morgan fingerprint density at radius 1 is 1.06 bits per heavy atom. The lowest BCUT2D eigenvalue weighted by Crippen LogP contribution is -2.02. The molecule has 0 radical (unpaired) electrons. The van der Waals surface area contributed by atoms with Gasteiger partial charge in [-0.25, -0.2) is 4.57 Å². The summed E-state index contributed by atoms with van der Waals surface area (Å²) in [7, 11) is -2.98. The van der Waals surface area contributed by atoms with Gasteiger partial charge < -0.3 is 9.05 Å². The molecule has 1 aromatic carbocycles. The van der Waals surface area contributed by atoms with Crippen molar-refractivity contribution in [2.45, 2.75) is 39.5 Å². The van der Waals surface area contributed by atoms with E-state index < -0.39 is 7.60 Å². The van der Waals surface area contributed by atoms with Gasteiger partial charge in [0, 0.05) is 0 Å². The first-order chi connectivity index (χ1) is 8.70. The maximum absolute atomic E-state index is 12.5. The van der Waals surface area contributed by atoms with Crippen LogP contribution in [0.5, 0.6) is 5.75 Å². The van der Waals surface area contributed by atoms with Crippen LogP contribution in [0.2, 0.25) is 0 Å². The Labute approximate surface area is 110 Å². The summed E-state index contributed by atoms with van der Waals surface area (Å²) in [4.78, 5) is 0. The molecule has 0 bridgehead atoms. The molecule has 3 nitrogen and oxygen atoms in total. The summed E-state index contributed by atoms with van der Waals surface area (Å²) >= 11 is 0. The molecule has 0 aromatic heterocycles. The van der Waals surface area contributed by atoms with Gasteiger partial charge in [-0.1, -0.05) is 44.4 Å². The van der Waals surface area contributed by atoms with Gasteiger partial charge >= 0.3 is 7.60 Å². The molecule has 1 rings (SSSR count). The summed E-state index contributed by atoms with van der Waals surface area (Å²) in [6, 6.07) is 9.24. The van der Waals surface area contributed by atoms with Crippen molar-refractivity contribution in [3.63, 3.8) is 0 Å². The monoisotopic (exact) mass is 270 g/mol. The zero-order valence-corrected chi connectivity index (χ0v) is 12.2. The van der Waals surface area contributed by atoms with E-state index in [1.54, 1.807) is 12.1 Å². The first-order valence-electron chi connectivity index (χ1n) is 6.68. The second kappa shape index (κ2) is 8.34. The van der Waals surface area contributed by atoms with E-state index in [1.807, 2.05) is 25.1 Å². The Bertz CT molecular complexity index is 365. The van der Waals surface area contributed by atoms with Crippen LogP contribution < -0.4 is 4.52 Å². The quantitative estimate of drug-likeness (QED) is 0.474. The van der Waals surface area contributed by atoms with Crippen LogP contribution in [0.3, 0.4) is 0 Å². The molecule has 1 aromatic rings. The average molecular weight is 270 g/mol. The third-order valence-corrected chi connectivity index (χ3v) is 4.60. The fourth-order valence-corrected chi connectivity index (χ4v) is 3.43. The maximum Gasteiger partial charge on any atom is 0.379 e. The molecule has 1 atom stereocenters. The van der Waals surface area contributed by atoms with Gasteiger partial charge in [0.1, 0.15) is 5.75 Å². The molecular weight excluding hydrogens is 247 g/mol. The van der Waals surface area contributed by atoms with E-state index in [9.17, 15) is 4.57 Å². The van der Waals surface area contributed by atoms with Crippen molar-refractivity contribution in [3.05, 3.63) is 30.3 Å². The molecule has 0 fully saturated rings. The van der Waals surface area contributed by atoms with Crippen LogP contribution in [-0.4, -0.2) is 12.8 Å². The van der Waals surface area contributed by atoms with Gasteiger partial charge in [-0.15, -0.1) is 0 Å². The summed E-state index contributed by atoms with van der Waals surface area (Å²) in [5.74, 6) is 0.616. The third-order valence-electron chi connectivity index (χ3n) is 2.60. The summed E-state index contributed by atoms with van der Waals surface area (Å²) in [5.41, 5.74) is 0. The fraction of sp³-hybridized carbons (Fsp3) is 0.571. The largest absolute Gasteiger partial charge is 0.424 e. The molecule has 0 aliphatic heterocycles. The Morgan fingerprint density at radius 2 is 1.78 bits per heavy atom. The number of hydrogen-bond donors (Lipinski definition) is 0. The normalized spacial score (nSPS) is 14.1. The number of hydrogen-bond acceptors (Lipinski definition) is 3. The smallest absolute Gasteiger partial charge is 0.379 e. The molecule has 102 valence electrons. The summed E-state index contributed by atoms with van der Waals surface area (Å²) in [5, 5.41) is 0. The van der Waals surface area contributed by atoms with Gasteiger partial charge in [-0.3, -0.25) is 0 Å². The summed E-state index contributed by atoms with van der Waals surface area (Å²) < 4.78 is 23.4. The van der Waals surface area contributed by atoms with E-state index in [2.05, 4.69) is 6.92 Å². The Hall–Kier alpha value is -0.790. The Balaban J connectivity index is 2.54. The maximum atomic E-state index is 12.5. The van der Waals surface area contributed by atoms with Gasteiger partial charge in [-0.2, -0.15) is 0 Å². The second-order valence-electron chi connectivity index (χ2n) is 4.22. The van der Waals surface area contributed by atoms with Crippen LogP contribution in [-0.2, 0) is 9.09 Å². The number of unbranched alkanes of at least 4 members (excludes halogenated alkanes) is 3. The molecule has 0 saturated heterocycles. The van der Waals surface area contributed by atoms with Crippen molar-refractivity contribution in [3.8, 4) is 5.75 Å². The van der Waals surface area contributed by atoms with Crippen LogP contribution >= 0.6 is 7.60 Å². The summed E-state index contributed by atoms with van der Waals surface area (Å²) in [6.07, 6.45) is 4.79. The topological polar surface area (TPSA) is 35.5 Å². The van der Waals surface area contributed by atoms with E-state index >= 15 is 0 Å². The highest BCUT2D eigenvalue weighted by molar-refractivity contribution is 7.54. The number of rotatable bonds is 9. The van der Waals surface area contributed by atoms with E-state index in [-0.39, 0.29) is 0 Å². The third kappa shape index (κ3) is 5.70. The van der Waals surface area contributed by atoms with Crippen LogP contribution in [0.4, 0.5) is 0 Å². The standard InChI is InChI=1S/C14H23O3P/c1-3-5-6-10-13-18(15,16-4-2)17-14-11-8-7-9-12-14/h7-9,11-12H,3-6,10,13H2,1-2H3. The van der Waals surface area contributed by atoms with Crippen molar-refractivity contribution in [2.75, 3.05) is 12.8 Å². The molecule has 4 heteroatoms. The average Bonchev–Trinajstić information content (AvgIpc) is 2.36. The predicted octanol–water partition coefficient (Wildman–Crippen LogP) is 4.88. The molecule has 0 N–H and O–H groups in total. The summed E-state index contributed by atoms with van der Waals surface area (Å²) in [6.45, 7) is 4.41. The van der Waals surface area contributed by atoms with E-state index in [1.165, 1.54) is 6.42 Å². The minimum Gasteiger partial charge on any atom is -0.424 e. The Kier molecular flexibility index (Phi) is 7.07. The molecular formula is C14H23O3P. The highest BCUT2D eigenvalue weighted by Crippen LogP contribution is 2.48. The van der Waals surface area contributed by atoms with E-state index in [0.717, 1.165) is 19.3 Å². The lowest BCUT2D eigenvalue weighted by atomic mass is 10.2. The molecule has 0 aliphatic carbocycles. The van der Waals surface area contributed by atoms with Gasteiger partial charge in [0.05, 0.1) is 12.8 Å². The minimum absolute atomic E-state index is 0.415. The van der Waals surface area contributed by atoms with Crippen molar-refractivity contribution >= 4 is 7.60 Å². The molecule has 0 amide bonds. The first-order valence-corrected chi connectivity index (χ1v) is 8.41. The molecule has 18 heavy (non-hydrogen) atoms. The predicted molar refractivity (Wildman–Crippen MR) is 75.3 cm³/mol. The number of para-hydroxylation sites is 1. The lowest BCUT2D eigenvalue weighted by molar-refractivity contribution is 0.278. The van der Waals surface area contributed by atoms with Gasteiger partial charge in [0.15, 0.2) is 0 Å². The zero-order chi connectivity index (χ0) is 13.3. The lowest BCUT2D eigenvalue weighted by Gasteiger charge is -2.18. The van der Waals surface area contributed by atoms with Crippen molar-refractivity contribution in [1.82, 2.24) is 0 Å². The van der Waals surface area contributed by atoms with Crippen molar-refractivity contribution < 1.29 is 13.6 Å². The van der Waals surface area contributed by atoms with Crippen LogP contribution in [0.1, 0.15) is 39.5 Å². The molecule has 0 aliphatic rings. The zero-order valence-electron chi connectivity index (χ0n) is 11.3. The van der Waals surface area contributed by atoms with Gasteiger partial charge in [-0.05, 0) is 25.5 Å². The Morgan fingerprint density at radius 3 is 2.39 bits per heavy atom. The highest BCUT2D eigenvalue weighted by Gasteiger charge is 2.24. The van der Waals surface area contributed by atoms with Gasteiger partial charge in [0.2, 0.25) is 0 Å². The van der Waals surface area contributed by atoms with Crippen LogP contribution in [0.15, 0.2) is 30.3 Å². The SMILES string of the molecule is CCCCCCP(=O)(OCC)Oc1ccccc1. The molecule has 0 heterocycles. The first kappa shape index (κ1) is 15.3. The molecule has 0 spiro atoms. The van der Waals surface area contributed by atoms with E-state index in [0.29, 0.717) is 18.5 Å². The number of benzene rings is 1. The van der Waals surface area contributed by atoms with Crippen LogP contribution in [0, 0.1) is 0 Å². The van der Waals surface area contributed by atoms with Crippen LogP contribution in [0.25, 0.3) is 0 Å². The van der Waals surface area contributed by atoms with Gasteiger partial charge in [0.25, 0.3) is 0 Å². The minimum atomic E-state index is -2.98. The van der Waals surface area contributed by atoms with Crippen molar-refractivity contribution in [1.29, 1.82) is 0 Å². The molecule has 1 unspecified atom stereocenters. The van der Waals surface area contributed by atoms with Crippen molar-refractivity contribution in [2.24, 2.45) is 0 Å². The highest BCUT2D eigenvalue weighted by atomic mass is 31.2. The van der Waals surface area contributed by atoms with E-state index in [4.69, 9.17) is 9.05 Å². The fourth-order valence-electron chi connectivity index (χ4n) is 1.71. The second-order valence-corrected chi connectivity index (χ2v) is 6.33. The molecule has 0 saturated carbocycles.